The number of benzene rings is 1. The molecule has 1 unspecified atom stereocenters. The Hall–Kier alpha value is -2.65. The van der Waals surface area contributed by atoms with E-state index in [4.69, 9.17) is 16.3 Å². The lowest BCUT2D eigenvalue weighted by atomic mass is 10.1. The van der Waals surface area contributed by atoms with E-state index in [1.807, 2.05) is 19.1 Å². The molecule has 1 aromatic heterocycles. The lowest BCUT2D eigenvalue weighted by molar-refractivity contribution is -0.142. The predicted octanol–water partition coefficient (Wildman–Crippen LogP) is 2.96. The molecule has 1 amide bonds. The van der Waals surface area contributed by atoms with E-state index < -0.39 is 28.3 Å². The van der Waals surface area contributed by atoms with E-state index in [1.165, 1.54) is 10.8 Å². The molecule has 1 aliphatic heterocycles. The highest BCUT2D eigenvalue weighted by molar-refractivity contribution is 7.91. The van der Waals surface area contributed by atoms with Gasteiger partial charge >= 0.3 is 5.97 Å². The number of hydrogen-bond acceptors (Lipinski definition) is 6. The van der Waals surface area contributed by atoms with Gasteiger partial charge in [0.1, 0.15) is 5.15 Å². The van der Waals surface area contributed by atoms with Crippen LogP contribution in [0, 0.1) is 6.92 Å². The van der Waals surface area contributed by atoms with Gasteiger partial charge in [-0.1, -0.05) is 30.7 Å². The smallest absolute Gasteiger partial charge is 0.331 e. The summed E-state index contributed by atoms with van der Waals surface area (Å²) in [6.45, 7) is 3.33. The molecule has 0 radical (unpaired) electrons. The van der Waals surface area contributed by atoms with Crippen LogP contribution >= 0.6 is 11.6 Å². The maximum atomic E-state index is 12.0. The Morgan fingerprint density at radius 3 is 2.65 bits per heavy atom. The summed E-state index contributed by atoms with van der Waals surface area (Å²) in [5, 5.41) is 7.24. The van der Waals surface area contributed by atoms with Crippen molar-refractivity contribution in [2.24, 2.45) is 0 Å². The van der Waals surface area contributed by atoms with Gasteiger partial charge in [0.15, 0.2) is 16.4 Å². The van der Waals surface area contributed by atoms with Gasteiger partial charge in [0.2, 0.25) is 0 Å². The third-order valence-corrected chi connectivity index (χ3v) is 7.13. The molecule has 3 rings (SSSR count). The Morgan fingerprint density at radius 1 is 1.32 bits per heavy atom. The van der Waals surface area contributed by atoms with Crippen molar-refractivity contribution in [3.05, 3.63) is 52.3 Å². The van der Waals surface area contributed by atoms with Crippen molar-refractivity contribution in [2.45, 2.75) is 32.7 Å². The molecule has 1 saturated heterocycles. The van der Waals surface area contributed by atoms with Crippen molar-refractivity contribution >= 4 is 45.1 Å². The van der Waals surface area contributed by atoms with Crippen molar-refractivity contribution in [3.8, 4) is 0 Å². The number of hydrogen-bond donors (Lipinski definition) is 1. The van der Waals surface area contributed by atoms with Crippen molar-refractivity contribution in [2.75, 3.05) is 23.4 Å². The van der Waals surface area contributed by atoms with Crippen molar-refractivity contribution < 1.29 is 22.7 Å². The molecular formula is C21H24ClN3O5S. The Kier molecular flexibility index (Phi) is 7.17. The molecule has 31 heavy (non-hydrogen) atoms. The van der Waals surface area contributed by atoms with Crippen molar-refractivity contribution in [1.29, 1.82) is 0 Å². The summed E-state index contributed by atoms with van der Waals surface area (Å²) in [5.74, 6) is -1.05. The fourth-order valence-corrected chi connectivity index (χ4v) is 5.36. The number of aromatic nitrogens is 2. The first kappa shape index (κ1) is 23.0. The first-order valence-electron chi connectivity index (χ1n) is 9.87. The average Bonchev–Trinajstić information content (AvgIpc) is 3.23. The minimum Gasteiger partial charge on any atom is -0.452 e. The highest BCUT2D eigenvalue weighted by Gasteiger charge is 2.31. The molecule has 8 nitrogen and oxygen atoms in total. The summed E-state index contributed by atoms with van der Waals surface area (Å²) in [6, 6.07) is 7.09. The minimum absolute atomic E-state index is 0.00464. The Bertz CT molecular complexity index is 1110. The van der Waals surface area contributed by atoms with Crippen LogP contribution in [0.4, 0.5) is 5.69 Å². The standard InChI is InChI=1S/C21H24ClN3O5S/c1-3-15-4-6-16(7-5-15)23-19(26)12-30-20(27)9-8-18-14(2)24-25(21(18)22)17-10-11-31(28,29)13-17/h4-9,17H,3,10-13H2,1-2H3,(H,23,26)/b9-8+. The number of carbonyl (C=O) groups excluding carboxylic acids is 2. The van der Waals surface area contributed by atoms with Gasteiger partial charge in [-0.3, -0.25) is 4.79 Å². The zero-order valence-corrected chi connectivity index (χ0v) is 18.9. The molecule has 10 heteroatoms. The van der Waals surface area contributed by atoms with E-state index in [1.54, 1.807) is 19.1 Å². The van der Waals surface area contributed by atoms with E-state index in [-0.39, 0.29) is 22.7 Å². The molecular weight excluding hydrogens is 442 g/mol. The highest BCUT2D eigenvalue weighted by Crippen LogP contribution is 2.30. The molecule has 1 atom stereocenters. The number of rotatable bonds is 7. The van der Waals surface area contributed by atoms with Gasteiger partial charge in [-0.25, -0.2) is 17.9 Å². The van der Waals surface area contributed by atoms with E-state index in [0.717, 1.165) is 18.1 Å². The largest absolute Gasteiger partial charge is 0.452 e. The van der Waals surface area contributed by atoms with Crippen molar-refractivity contribution in [1.82, 2.24) is 9.78 Å². The normalized spacial score (nSPS) is 17.7. The second kappa shape index (κ2) is 9.65. The summed E-state index contributed by atoms with van der Waals surface area (Å²) >= 11 is 6.36. The molecule has 2 heterocycles. The number of esters is 1. The maximum Gasteiger partial charge on any atom is 0.331 e. The number of anilines is 1. The van der Waals surface area contributed by atoms with Gasteiger partial charge in [-0.05, 0) is 43.5 Å². The molecule has 1 fully saturated rings. The number of nitrogens with zero attached hydrogens (tertiary/aromatic N) is 2. The summed E-state index contributed by atoms with van der Waals surface area (Å²) < 4.78 is 29.9. The van der Waals surface area contributed by atoms with Crippen LogP contribution < -0.4 is 5.32 Å². The average molecular weight is 466 g/mol. The van der Waals surface area contributed by atoms with Gasteiger partial charge < -0.3 is 10.1 Å². The number of sulfone groups is 1. The summed E-state index contributed by atoms with van der Waals surface area (Å²) in [6.07, 6.45) is 3.97. The molecule has 1 aliphatic rings. The molecule has 0 bridgehead atoms. The van der Waals surface area contributed by atoms with Crippen LogP contribution in [0.15, 0.2) is 30.3 Å². The van der Waals surface area contributed by atoms with E-state index >= 15 is 0 Å². The molecule has 1 N–H and O–H groups in total. The molecule has 0 aliphatic carbocycles. The number of carbonyl (C=O) groups is 2. The Morgan fingerprint density at radius 2 is 2.03 bits per heavy atom. The summed E-state index contributed by atoms with van der Waals surface area (Å²) in [4.78, 5) is 23.9. The molecule has 2 aromatic rings. The van der Waals surface area contributed by atoms with Gasteiger partial charge in [0, 0.05) is 17.3 Å². The van der Waals surface area contributed by atoms with Crippen LogP contribution in [0.2, 0.25) is 5.15 Å². The second-order valence-electron chi connectivity index (χ2n) is 7.33. The van der Waals surface area contributed by atoms with E-state index in [9.17, 15) is 18.0 Å². The first-order chi connectivity index (χ1) is 14.7. The van der Waals surface area contributed by atoms with Crippen LogP contribution in [0.25, 0.3) is 6.08 Å². The lowest BCUT2D eigenvalue weighted by Gasteiger charge is -2.09. The number of nitrogens with one attached hydrogen (secondary N) is 1. The molecule has 1 aromatic carbocycles. The highest BCUT2D eigenvalue weighted by atomic mass is 35.5. The topological polar surface area (TPSA) is 107 Å². The van der Waals surface area contributed by atoms with Crippen LogP contribution in [0.1, 0.15) is 36.2 Å². The zero-order chi connectivity index (χ0) is 22.6. The van der Waals surface area contributed by atoms with Crippen LogP contribution in [0.5, 0.6) is 0 Å². The first-order valence-corrected chi connectivity index (χ1v) is 12.1. The molecule has 0 saturated carbocycles. The lowest BCUT2D eigenvalue weighted by Crippen LogP contribution is -2.20. The fourth-order valence-electron chi connectivity index (χ4n) is 3.29. The number of halogens is 1. The van der Waals surface area contributed by atoms with Gasteiger partial charge in [0.25, 0.3) is 5.91 Å². The third-order valence-electron chi connectivity index (χ3n) is 5.00. The SMILES string of the molecule is CCc1ccc(NC(=O)COC(=O)/C=C/c2c(C)nn(C3CCS(=O)(=O)C3)c2Cl)cc1. The van der Waals surface area contributed by atoms with Crippen molar-refractivity contribution in [3.63, 3.8) is 0 Å². The summed E-state index contributed by atoms with van der Waals surface area (Å²) in [7, 11) is -3.08. The Labute approximate surface area is 186 Å². The van der Waals surface area contributed by atoms with Gasteiger partial charge in [-0.2, -0.15) is 5.10 Å². The van der Waals surface area contributed by atoms with E-state index in [0.29, 0.717) is 23.4 Å². The number of amides is 1. The quantitative estimate of drug-likeness (QED) is 0.497. The molecule has 0 spiro atoms. The number of ether oxygens (including phenoxy) is 1. The van der Waals surface area contributed by atoms with Crippen LogP contribution in [-0.4, -0.2) is 48.2 Å². The van der Waals surface area contributed by atoms with Crippen LogP contribution in [-0.2, 0) is 30.6 Å². The minimum atomic E-state index is -3.08. The second-order valence-corrected chi connectivity index (χ2v) is 9.92. The zero-order valence-electron chi connectivity index (χ0n) is 17.3. The molecule has 166 valence electrons. The van der Waals surface area contributed by atoms with Crippen LogP contribution in [0.3, 0.4) is 0 Å². The third kappa shape index (κ3) is 5.95. The maximum absolute atomic E-state index is 12.0. The fraction of sp³-hybridized carbons (Fsp3) is 0.381. The monoisotopic (exact) mass is 465 g/mol. The summed E-state index contributed by atoms with van der Waals surface area (Å²) in [5.41, 5.74) is 2.84. The van der Waals surface area contributed by atoms with Gasteiger partial charge in [-0.15, -0.1) is 0 Å². The van der Waals surface area contributed by atoms with E-state index in [2.05, 4.69) is 10.4 Å². The van der Waals surface area contributed by atoms with Gasteiger partial charge in [0.05, 0.1) is 23.2 Å². The Balaban J connectivity index is 1.55. The predicted molar refractivity (Wildman–Crippen MR) is 119 cm³/mol. The number of aryl methyl sites for hydroxylation is 2.